The predicted octanol–water partition coefficient (Wildman–Crippen LogP) is 9.31. The van der Waals surface area contributed by atoms with Crippen LogP contribution in [0.4, 0.5) is 0 Å². The summed E-state index contributed by atoms with van der Waals surface area (Å²) in [4.78, 5) is 0. The van der Waals surface area contributed by atoms with Gasteiger partial charge in [0.1, 0.15) is 0 Å². The largest absolute Gasteiger partial charge is 0.0700 e. The van der Waals surface area contributed by atoms with E-state index in [1.165, 1.54) is 22.3 Å². The van der Waals surface area contributed by atoms with E-state index < -0.39 is 0 Å². The molecule has 0 radical (unpaired) electrons. The van der Waals surface area contributed by atoms with Crippen molar-refractivity contribution in [2.45, 2.75) is 27.7 Å². The van der Waals surface area contributed by atoms with Gasteiger partial charge in [-0.15, -0.1) is 0 Å². The van der Waals surface area contributed by atoms with Gasteiger partial charge in [-0.3, -0.25) is 0 Å². The van der Waals surface area contributed by atoms with Crippen LogP contribution in [0.2, 0.25) is 0 Å². The van der Waals surface area contributed by atoms with Crippen LogP contribution in [0, 0.1) is 11.8 Å². The Balaban J connectivity index is 1.83. The second kappa shape index (κ2) is 15.7. The molecular weight excluding hydrogens is 408 g/mol. The molecule has 2 aromatic rings. The Kier molecular flexibility index (Phi) is 12.1. The Hall–Kier alpha value is -4.08. The summed E-state index contributed by atoms with van der Waals surface area (Å²) < 4.78 is 0. The molecule has 0 saturated carbocycles. The van der Waals surface area contributed by atoms with Crippen molar-refractivity contribution < 1.29 is 0 Å². The molecule has 0 aliphatic carbocycles. The van der Waals surface area contributed by atoms with Crippen LogP contribution in [0.1, 0.15) is 38.8 Å². The van der Waals surface area contributed by atoms with Crippen molar-refractivity contribution in [3.63, 3.8) is 0 Å². The van der Waals surface area contributed by atoms with Crippen LogP contribution in [0.25, 0.3) is 12.2 Å². The molecule has 0 heterocycles. The van der Waals surface area contributed by atoms with Crippen molar-refractivity contribution in [3.8, 4) is 11.8 Å². The Labute approximate surface area is 206 Å². The third-order valence-corrected chi connectivity index (χ3v) is 4.80. The van der Waals surface area contributed by atoms with Gasteiger partial charge < -0.3 is 0 Å². The fourth-order valence-corrected chi connectivity index (χ4v) is 2.81. The highest BCUT2D eigenvalue weighted by Gasteiger charge is 1.85. The second-order valence-electron chi connectivity index (χ2n) is 8.09. The summed E-state index contributed by atoms with van der Waals surface area (Å²) in [6.45, 7) is 8.31. The van der Waals surface area contributed by atoms with E-state index in [9.17, 15) is 0 Å². The summed E-state index contributed by atoms with van der Waals surface area (Å²) in [5.74, 6) is 6.21. The lowest BCUT2D eigenvalue weighted by Crippen LogP contribution is -1.71. The van der Waals surface area contributed by atoms with E-state index in [1.54, 1.807) is 0 Å². The number of allylic oxidation sites excluding steroid dienone is 14. The molecule has 0 nitrogen and oxygen atoms in total. The van der Waals surface area contributed by atoms with Crippen molar-refractivity contribution in [3.05, 3.63) is 155 Å². The van der Waals surface area contributed by atoms with Gasteiger partial charge in [-0.25, -0.2) is 0 Å². The van der Waals surface area contributed by atoms with E-state index in [1.807, 2.05) is 48.6 Å². The highest BCUT2D eigenvalue weighted by molar-refractivity contribution is 5.53. The molecule has 0 atom stereocenters. The van der Waals surface area contributed by atoms with Crippen molar-refractivity contribution >= 4 is 12.2 Å². The van der Waals surface area contributed by atoms with E-state index in [4.69, 9.17) is 0 Å². The SMILES string of the molecule is CC(/C=C\c1ccccc1)=C\C=C\C(C)=C\C#C/C=C(C)/C=C/C=C(C)/C=C/c1ccccc1. The fourth-order valence-electron chi connectivity index (χ4n) is 2.81. The molecule has 2 aromatic carbocycles. The zero-order chi connectivity index (χ0) is 24.4. The smallest absolute Gasteiger partial charge is 0.00860 e. The fraction of sp³-hybridized carbons (Fsp3) is 0.118. The Morgan fingerprint density at radius 1 is 0.500 bits per heavy atom. The average molecular weight is 443 g/mol. The maximum absolute atomic E-state index is 3.10. The van der Waals surface area contributed by atoms with Crippen LogP contribution >= 0.6 is 0 Å². The van der Waals surface area contributed by atoms with Crippen molar-refractivity contribution in [1.29, 1.82) is 0 Å². The molecule has 0 spiro atoms. The van der Waals surface area contributed by atoms with Crippen LogP contribution in [-0.4, -0.2) is 0 Å². The number of rotatable bonds is 8. The summed E-state index contributed by atoms with van der Waals surface area (Å²) in [5.41, 5.74) is 7.04. The molecule has 0 heteroatoms. The third kappa shape index (κ3) is 12.1. The van der Waals surface area contributed by atoms with Crippen LogP contribution in [-0.2, 0) is 0 Å². The lowest BCUT2D eigenvalue weighted by molar-refractivity contribution is 1.50. The van der Waals surface area contributed by atoms with Crippen LogP contribution in [0.15, 0.2) is 144 Å². The van der Waals surface area contributed by atoms with E-state index >= 15 is 0 Å². The molecule has 0 unspecified atom stereocenters. The van der Waals surface area contributed by atoms with E-state index in [0.717, 1.165) is 11.1 Å². The molecule has 2 rings (SSSR count). The molecule has 0 fully saturated rings. The zero-order valence-electron chi connectivity index (χ0n) is 20.7. The van der Waals surface area contributed by atoms with Gasteiger partial charge in [0.25, 0.3) is 0 Å². The summed E-state index contributed by atoms with van der Waals surface area (Å²) in [5, 5.41) is 0. The minimum Gasteiger partial charge on any atom is -0.0700 e. The summed E-state index contributed by atoms with van der Waals surface area (Å²) >= 11 is 0. The highest BCUT2D eigenvalue weighted by atomic mass is 13.9. The average Bonchev–Trinajstić information content (AvgIpc) is 2.85. The quantitative estimate of drug-likeness (QED) is 0.282. The van der Waals surface area contributed by atoms with Crippen LogP contribution < -0.4 is 0 Å². The van der Waals surface area contributed by atoms with Gasteiger partial charge in [0, 0.05) is 0 Å². The number of benzene rings is 2. The summed E-state index contributed by atoms with van der Waals surface area (Å²) in [6.07, 6.45) is 24.8. The lowest BCUT2D eigenvalue weighted by atomic mass is 10.1. The first-order valence-corrected chi connectivity index (χ1v) is 11.5. The molecule has 0 bridgehead atoms. The molecule has 34 heavy (non-hydrogen) atoms. The lowest BCUT2D eigenvalue weighted by Gasteiger charge is -1.92. The maximum Gasteiger partial charge on any atom is -0.00860 e. The first-order chi connectivity index (χ1) is 16.5. The normalized spacial score (nSPS) is 13.9. The first kappa shape index (κ1) is 26.2. The Morgan fingerprint density at radius 3 is 1.26 bits per heavy atom. The summed E-state index contributed by atoms with van der Waals surface area (Å²) in [7, 11) is 0. The predicted molar refractivity (Wildman–Crippen MR) is 152 cm³/mol. The molecule has 0 aliphatic rings. The standard InChI is InChI=1S/C34H34/c1-29(17-13-19-31(3)25-27-33-21-7-5-8-22-33)15-11-12-16-30(2)18-14-20-32(4)26-28-34-23-9-6-10-24-34/h5-10,13-28H,1-4H3/b17-13+,18-14+,27-25-,28-26+,29-15+,30-16+,31-19+,32-20+. The van der Waals surface area contributed by atoms with Gasteiger partial charge in [-0.1, -0.05) is 144 Å². The molecule has 0 N–H and O–H groups in total. The van der Waals surface area contributed by atoms with Crippen molar-refractivity contribution in [2.75, 3.05) is 0 Å². The van der Waals surface area contributed by atoms with Crippen molar-refractivity contribution in [2.24, 2.45) is 0 Å². The highest BCUT2D eigenvalue weighted by Crippen LogP contribution is 2.06. The molecule has 0 aromatic heterocycles. The maximum atomic E-state index is 3.10. The second-order valence-corrected chi connectivity index (χ2v) is 8.09. The molecular formula is C34H34. The Bertz CT molecular complexity index is 1100. The number of hydrogen-bond acceptors (Lipinski definition) is 0. The third-order valence-electron chi connectivity index (χ3n) is 4.80. The van der Waals surface area contributed by atoms with E-state index in [0.29, 0.717) is 0 Å². The molecule has 0 amide bonds. The van der Waals surface area contributed by atoms with Crippen molar-refractivity contribution in [1.82, 2.24) is 0 Å². The zero-order valence-corrected chi connectivity index (χ0v) is 20.7. The van der Waals surface area contributed by atoms with Gasteiger partial charge in [-0.05, 0) is 62.1 Å². The molecule has 0 saturated heterocycles. The minimum absolute atomic E-state index is 1.12. The van der Waals surface area contributed by atoms with Gasteiger partial charge in [0.2, 0.25) is 0 Å². The first-order valence-electron chi connectivity index (χ1n) is 11.5. The topological polar surface area (TPSA) is 0 Å². The van der Waals surface area contributed by atoms with Gasteiger partial charge in [-0.2, -0.15) is 0 Å². The van der Waals surface area contributed by atoms with Crippen LogP contribution in [0.3, 0.4) is 0 Å². The van der Waals surface area contributed by atoms with Crippen LogP contribution in [0.5, 0.6) is 0 Å². The van der Waals surface area contributed by atoms with Gasteiger partial charge in [0.15, 0.2) is 0 Å². The number of hydrogen-bond donors (Lipinski definition) is 0. The van der Waals surface area contributed by atoms with Gasteiger partial charge in [0.05, 0.1) is 0 Å². The van der Waals surface area contributed by atoms with Gasteiger partial charge >= 0.3 is 0 Å². The minimum atomic E-state index is 1.12. The summed E-state index contributed by atoms with van der Waals surface area (Å²) in [6, 6.07) is 20.6. The van der Waals surface area contributed by atoms with E-state index in [2.05, 4.69) is 125 Å². The monoisotopic (exact) mass is 442 g/mol. The molecule has 170 valence electrons. The van der Waals surface area contributed by atoms with E-state index in [-0.39, 0.29) is 0 Å². The Morgan fingerprint density at radius 2 is 0.882 bits per heavy atom. The molecule has 0 aliphatic heterocycles.